The molecular weight excluding hydrogens is 286 g/mol. The Bertz CT molecular complexity index is 674. The first-order valence-electron chi connectivity index (χ1n) is 5.70. The van der Waals surface area contributed by atoms with Crippen molar-refractivity contribution in [1.29, 1.82) is 0 Å². The van der Waals surface area contributed by atoms with Gasteiger partial charge in [0.15, 0.2) is 17.4 Å². The van der Waals surface area contributed by atoms with Crippen LogP contribution >= 0.6 is 0 Å². The Morgan fingerprint density at radius 2 is 1.95 bits per heavy atom. The summed E-state index contributed by atoms with van der Waals surface area (Å²) in [6.45, 7) is 0. The van der Waals surface area contributed by atoms with Crippen molar-refractivity contribution >= 4 is 23.8 Å². The van der Waals surface area contributed by atoms with Gasteiger partial charge in [-0.3, -0.25) is 9.69 Å². The predicted octanol–water partition coefficient (Wildman–Crippen LogP) is 1.05. The van der Waals surface area contributed by atoms with Gasteiger partial charge in [0.2, 0.25) is 5.84 Å². The highest BCUT2D eigenvalue weighted by Gasteiger charge is 2.32. The molecule has 1 aliphatic heterocycles. The number of nitrogens with zero attached hydrogens (tertiary/aromatic N) is 2. The van der Waals surface area contributed by atoms with E-state index in [0.29, 0.717) is 0 Å². The fourth-order valence-electron chi connectivity index (χ4n) is 1.70. The topological polar surface area (TPSA) is 79.2 Å². The first kappa shape index (κ1) is 14.6. The second kappa shape index (κ2) is 5.31. The number of amides is 1. The van der Waals surface area contributed by atoms with E-state index < -0.39 is 29.3 Å². The molecule has 1 aliphatic rings. The lowest BCUT2D eigenvalue weighted by Gasteiger charge is -2.08. The Labute approximate surface area is 118 Å². The summed E-state index contributed by atoms with van der Waals surface area (Å²) < 4.78 is 30.9. The van der Waals surface area contributed by atoms with Crippen LogP contribution in [0.25, 0.3) is 6.08 Å². The molecule has 1 N–H and O–H groups in total. The smallest absolute Gasteiger partial charge is 0.374 e. The molecule has 110 valence electrons. The number of halogens is 2. The molecule has 0 atom stereocenters. The maximum Gasteiger partial charge on any atom is 0.374 e. The van der Waals surface area contributed by atoms with Crippen molar-refractivity contribution in [1.82, 2.24) is 4.90 Å². The Morgan fingerprint density at radius 3 is 2.48 bits per heavy atom. The van der Waals surface area contributed by atoms with E-state index >= 15 is 0 Å². The molecule has 21 heavy (non-hydrogen) atoms. The number of hydrogen-bond acceptors (Lipinski definition) is 5. The molecule has 2 rings (SSSR count). The lowest BCUT2D eigenvalue weighted by Crippen LogP contribution is -2.33. The SMILES string of the molecule is COC(=O)C1=N/C(=C\c2cc(F)c(O)c(F)c2)C(=O)N1C. The fourth-order valence-corrected chi connectivity index (χ4v) is 1.70. The molecular formula is C13H10F2N2O4. The number of carbonyl (C=O) groups is 2. The molecule has 0 unspecified atom stereocenters. The van der Waals surface area contributed by atoms with Gasteiger partial charge >= 0.3 is 5.97 Å². The third kappa shape index (κ3) is 2.60. The summed E-state index contributed by atoms with van der Waals surface area (Å²) >= 11 is 0. The summed E-state index contributed by atoms with van der Waals surface area (Å²) in [5, 5.41) is 9.00. The number of ether oxygens (including phenoxy) is 1. The lowest BCUT2D eigenvalue weighted by atomic mass is 10.1. The van der Waals surface area contributed by atoms with Gasteiger partial charge in [0.05, 0.1) is 7.11 Å². The normalized spacial score (nSPS) is 16.4. The Hall–Kier alpha value is -2.77. The molecule has 0 bridgehead atoms. The number of rotatable bonds is 2. The molecule has 0 fully saturated rings. The molecule has 0 aromatic heterocycles. The summed E-state index contributed by atoms with van der Waals surface area (Å²) in [4.78, 5) is 28.0. The van der Waals surface area contributed by atoms with Crippen LogP contribution in [0.4, 0.5) is 8.78 Å². The van der Waals surface area contributed by atoms with Crippen LogP contribution in [-0.4, -0.2) is 41.9 Å². The van der Waals surface area contributed by atoms with Crippen LogP contribution in [0.5, 0.6) is 5.75 Å². The van der Waals surface area contributed by atoms with E-state index in [2.05, 4.69) is 9.73 Å². The van der Waals surface area contributed by atoms with Gasteiger partial charge in [0, 0.05) is 7.05 Å². The van der Waals surface area contributed by atoms with Gasteiger partial charge in [-0.2, -0.15) is 0 Å². The van der Waals surface area contributed by atoms with Crippen molar-refractivity contribution < 1.29 is 28.2 Å². The first-order chi connectivity index (χ1) is 9.85. The largest absolute Gasteiger partial charge is 0.503 e. The van der Waals surface area contributed by atoms with Crippen molar-refractivity contribution in [3.8, 4) is 5.75 Å². The number of amidine groups is 1. The molecule has 0 spiro atoms. The number of esters is 1. The third-order valence-electron chi connectivity index (χ3n) is 2.78. The average Bonchev–Trinajstić information content (AvgIpc) is 2.72. The first-order valence-corrected chi connectivity index (χ1v) is 5.70. The molecule has 0 saturated heterocycles. The highest BCUT2D eigenvalue weighted by Crippen LogP contribution is 2.24. The number of likely N-dealkylation sites (N-methyl/N-ethyl adjacent to an activating group) is 1. The molecule has 0 saturated carbocycles. The number of aromatic hydroxyl groups is 1. The molecule has 0 radical (unpaired) electrons. The Kier molecular flexibility index (Phi) is 3.70. The second-order valence-electron chi connectivity index (χ2n) is 4.15. The average molecular weight is 296 g/mol. The minimum Gasteiger partial charge on any atom is -0.503 e. The van der Waals surface area contributed by atoms with Crippen LogP contribution < -0.4 is 0 Å². The van der Waals surface area contributed by atoms with Gasteiger partial charge in [-0.15, -0.1) is 0 Å². The summed E-state index contributed by atoms with van der Waals surface area (Å²) in [5.74, 6) is -5.10. The third-order valence-corrected chi connectivity index (χ3v) is 2.78. The summed E-state index contributed by atoms with van der Waals surface area (Å²) in [6, 6.07) is 1.68. The molecule has 1 aromatic carbocycles. The van der Waals surface area contributed by atoms with Crippen molar-refractivity contribution in [3.63, 3.8) is 0 Å². The molecule has 1 heterocycles. The Balaban J connectivity index is 2.44. The van der Waals surface area contributed by atoms with Crippen LogP contribution in [0.15, 0.2) is 22.8 Å². The zero-order valence-electron chi connectivity index (χ0n) is 11.1. The van der Waals surface area contributed by atoms with E-state index in [1.807, 2.05) is 0 Å². The van der Waals surface area contributed by atoms with E-state index in [4.69, 9.17) is 5.11 Å². The van der Waals surface area contributed by atoms with Gasteiger partial charge < -0.3 is 9.84 Å². The summed E-state index contributed by atoms with van der Waals surface area (Å²) in [7, 11) is 2.45. The van der Waals surface area contributed by atoms with Crippen molar-refractivity contribution in [3.05, 3.63) is 35.0 Å². The van der Waals surface area contributed by atoms with E-state index in [1.165, 1.54) is 7.05 Å². The zero-order chi connectivity index (χ0) is 15.7. The van der Waals surface area contributed by atoms with Crippen LogP contribution in [0.2, 0.25) is 0 Å². The van der Waals surface area contributed by atoms with Gasteiger partial charge in [-0.25, -0.2) is 18.6 Å². The van der Waals surface area contributed by atoms with Crippen LogP contribution in [0.1, 0.15) is 5.56 Å². The molecule has 0 aliphatic carbocycles. The highest BCUT2D eigenvalue weighted by atomic mass is 19.1. The summed E-state index contributed by atoms with van der Waals surface area (Å²) in [6.07, 6.45) is 1.10. The van der Waals surface area contributed by atoms with E-state index in [0.717, 1.165) is 30.2 Å². The monoisotopic (exact) mass is 296 g/mol. The number of phenolic OH excluding ortho intramolecular Hbond substituents is 1. The maximum atomic E-state index is 13.2. The number of carbonyl (C=O) groups excluding carboxylic acids is 2. The number of aliphatic imine (C=N–C) groups is 1. The number of benzene rings is 1. The molecule has 6 nitrogen and oxygen atoms in total. The van der Waals surface area contributed by atoms with Crippen LogP contribution in [0, 0.1) is 11.6 Å². The van der Waals surface area contributed by atoms with Crippen molar-refractivity contribution in [2.75, 3.05) is 14.2 Å². The quantitative estimate of drug-likeness (QED) is 0.653. The Morgan fingerprint density at radius 1 is 1.38 bits per heavy atom. The lowest BCUT2D eigenvalue weighted by molar-refractivity contribution is -0.134. The maximum absolute atomic E-state index is 13.2. The molecule has 8 heteroatoms. The summed E-state index contributed by atoms with van der Waals surface area (Å²) in [5.41, 5.74) is -0.197. The van der Waals surface area contributed by atoms with Gasteiger partial charge in [0.1, 0.15) is 5.70 Å². The zero-order valence-corrected chi connectivity index (χ0v) is 11.1. The van der Waals surface area contributed by atoms with Crippen molar-refractivity contribution in [2.45, 2.75) is 0 Å². The van der Waals surface area contributed by atoms with Crippen LogP contribution in [-0.2, 0) is 14.3 Å². The predicted molar refractivity (Wildman–Crippen MR) is 68.2 cm³/mol. The van der Waals surface area contributed by atoms with Gasteiger partial charge in [0.25, 0.3) is 5.91 Å². The van der Waals surface area contributed by atoms with Gasteiger partial charge in [-0.1, -0.05) is 0 Å². The van der Waals surface area contributed by atoms with E-state index in [9.17, 15) is 18.4 Å². The highest BCUT2D eigenvalue weighted by molar-refractivity contribution is 6.41. The van der Waals surface area contributed by atoms with Crippen LogP contribution in [0.3, 0.4) is 0 Å². The van der Waals surface area contributed by atoms with E-state index in [1.54, 1.807) is 0 Å². The minimum atomic E-state index is -1.17. The number of hydrogen-bond donors (Lipinski definition) is 1. The number of phenols is 1. The standard InChI is InChI=1S/C13H10F2N2O4/c1-17-11(13(20)21-2)16-9(12(17)19)5-6-3-7(14)10(18)8(15)4-6/h3-5,18H,1-2H3/b9-5-. The molecule has 1 amide bonds. The fraction of sp³-hybridized carbons (Fsp3) is 0.154. The molecule has 1 aromatic rings. The van der Waals surface area contributed by atoms with E-state index in [-0.39, 0.29) is 17.1 Å². The minimum absolute atomic E-state index is 0.0191. The van der Waals surface area contributed by atoms with Gasteiger partial charge in [-0.05, 0) is 23.8 Å². The van der Waals surface area contributed by atoms with Crippen molar-refractivity contribution in [2.24, 2.45) is 4.99 Å². The second-order valence-corrected chi connectivity index (χ2v) is 4.15. The number of methoxy groups -OCH3 is 1.